The van der Waals surface area contributed by atoms with Gasteiger partial charge in [-0.15, -0.1) is 4.83 Å². The number of carbonyl (C=O) groups excluding carboxylic acids is 1. The van der Waals surface area contributed by atoms with Gasteiger partial charge in [0, 0.05) is 5.56 Å². The van der Waals surface area contributed by atoms with Gasteiger partial charge >= 0.3 is 0 Å². The van der Waals surface area contributed by atoms with Crippen LogP contribution >= 0.6 is 0 Å². The van der Waals surface area contributed by atoms with Crippen molar-refractivity contribution in [1.29, 1.82) is 0 Å². The molecule has 2 aromatic rings. The van der Waals surface area contributed by atoms with Crippen molar-refractivity contribution in [3.63, 3.8) is 0 Å². The first-order chi connectivity index (χ1) is 14.2. The Labute approximate surface area is 173 Å². The maximum atomic E-state index is 14.5. The standard InChI is InChI=1S/C21H23F3N2O3S/c1-13-10-15(16-8-5-9-18(22)20(16)24)11-17(19(13)23)21(27)25-26-30(28,29)12-14-6-3-2-4-7-14/h5,8-11,14,26H,2-4,6-7,12H2,1H3,(H,25,27). The molecule has 1 aliphatic rings. The van der Waals surface area contributed by atoms with Crippen LogP contribution in [0.3, 0.4) is 0 Å². The van der Waals surface area contributed by atoms with Gasteiger partial charge < -0.3 is 0 Å². The van der Waals surface area contributed by atoms with Gasteiger partial charge in [0.1, 0.15) is 5.82 Å². The molecule has 1 fully saturated rings. The van der Waals surface area contributed by atoms with Gasteiger partial charge in [-0.2, -0.15) is 0 Å². The van der Waals surface area contributed by atoms with E-state index in [0.29, 0.717) is 0 Å². The molecule has 0 spiro atoms. The quantitative estimate of drug-likeness (QED) is 0.661. The number of sulfonamides is 1. The number of benzene rings is 2. The van der Waals surface area contributed by atoms with E-state index in [0.717, 1.165) is 44.2 Å². The van der Waals surface area contributed by atoms with Gasteiger partial charge in [0.15, 0.2) is 11.6 Å². The molecule has 0 heterocycles. The van der Waals surface area contributed by atoms with E-state index in [9.17, 15) is 26.4 Å². The summed E-state index contributed by atoms with van der Waals surface area (Å²) in [7, 11) is -3.80. The zero-order chi connectivity index (χ0) is 21.9. The van der Waals surface area contributed by atoms with Crippen molar-refractivity contribution in [2.24, 2.45) is 5.92 Å². The summed E-state index contributed by atoms with van der Waals surface area (Å²) in [5.74, 6) is -4.20. The Kier molecular flexibility index (Phi) is 6.82. The van der Waals surface area contributed by atoms with Crippen LogP contribution in [0, 0.1) is 30.3 Å². The summed E-state index contributed by atoms with van der Waals surface area (Å²) in [6, 6.07) is 5.90. The Morgan fingerprint density at radius 2 is 1.77 bits per heavy atom. The van der Waals surface area contributed by atoms with Crippen molar-refractivity contribution in [3.8, 4) is 11.1 Å². The third-order valence-corrected chi connectivity index (χ3v) is 6.58. The SMILES string of the molecule is Cc1cc(-c2cccc(F)c2F)cc(C(=O)NNS(=O)(=O)CC2CCCCC2)c1F. The summed E-state index contributed by atoms with van der Waals surface area (Å²) in [6.45, 7) is 1.38. The zero-order valence-corrected chi connectivity index (χ0v) is 17.3. The minimum atomic E-state index is -3.80. The van der Waals surface area contributed by atoms with Crippen LogP contribution in [-0.2, 0) is 10.0 Å². The fraction of sp³-hybridized carbons (Fsp3) is 0.381. The van der Waals surface area contributed by atoms with E-state index < -0.39 is 38.9 Å². The second-order valence-corrected chi connectivity index (χ2v) is 9.36. The van der Waals surface area contributed by atoms with Crippen molar-refractivity contribution < 1.29 is 26.4 Å². The summed E-state index contributed by atoms with van der Waals surface area (Å²) in [5, 5.41) is 0. The minimum Gasteiger partial charge on any atom is -0.274 e. The highest BCUT2D eigenvalue weighted by Crippen LogP contribution is 2.28. The van der Waals surface area contributed by atoms with Crippen molar-refractivity contribution in [1.82, 2.24) is 10.3 Å². The monoisotopic (exact) mass is 440 g/mol. The lowest BCUT2D eigenvalue weighted by Crippen LogP contribution is -2.44. The predicted octanol–water partition coefficient (Wildman–Crippen LogP) is 4.22. The molecule has 0 unspecified atom stereocenters. The topological polar surface area (TPSA) is 75.3 Å². The Morgan fingerprint density at radius 3 is 2.47 bits per heavy atom. The summed E-state index contributed by atoms with van der Waals surface area (Å²) >= 11 is 0. The number of aryl methyl sites for hydroxylation is 1. The van der Waals surface area contributed by atoms with E-state index in [-0.39, 0.29) is 28.4 Å². The number of nitrogens with one attached hydrogen (secondary N) is 2. The molecule has 3 rings (SSSR count). The first kappa shape index (κ1) is 22.3. The second kappa shape index (κ2) is 9.18. The van der Waals surface area contributed by atoms with Gasteiger partial charge in [-0.25, -0.2) is 21.6 Å². The first-order valence-electron chi connectivity index (χ1n) is 9.72. The largest absolute Gasteiger partial charge is 0.274 e. The summed E-state index contributed by atoms with van der Waals surface area (Å²) < 4.78 is 66.7. The van der Waals surface area contributed by atoms with Gasteiger partial charge in [-0.05, 0) is 55.0 Å². The lowest BCUT2D eigenvalue weighted by molar-refractivity contribution is 0.0940. The molecule has 0 atom stereocenters. The molecule has 0 radical (unpaired) electrons. The van der Waals surface area contributed by atoms with E-state index in [2.05, 4.69) is 0 Å². The van der Waals surface area contributed by atoms with Crippen LogP contribution < -0.4 is 10.3 Å². The highest BCUT2D eigenvalue weighted by molar-refractivity contribution is 7.89. The Balaban J connectivity index is 1.78. The third kappa shape index (κ3) is 5.20. The second-order valence-electron chi connectivity index (χ2n) is 7.60. The molecule has 1 aliphatic carbocycles. The van der Waals surface area contributed by atoms with Gasteiger partial charge in [0.2, 0.25) is 10.0 Å². The van der Waals surface area contributed by atoms with E-state index >= 15 is 0 Å². The van der Waals surface area contributed by atoms with Crippen molar-refractivity contribution in [3.05, 3.63) is 58.9 Å². The smallest absolute Gasteiger partial charge is 0.269 e. The van der Waals surface area contributed by atoms with Crippen LogP contribution in [0.25, 0.3) is 11.1 Å². The molecule has 30 heavy (non-hydrogen) atoms. The van der Waals surface area contributed by atoms with Crippen LogP contribution in [0.15, 0.2) is 30.3 Å². The lowest BCUT2D eigenvalue weighted by atomic mass is 9.91. The molecule has 0 aromatic heterocycles. The molecular formula is C21H23F3N2O3S. The minimum absolute atomic E-state index is 0.0198. The maximum absolute atomic E-state index is 14.5. The Bertz CT molecular complexity index is 1050. The predicted molar refractivity (Wildman–Crippen MR) is 107 cm³/mol. The molecule has 0 saturated heterocycles. The normalized spacial score (nSPS) is 15.2. The summed E-state index contributed by atoms with van der Waals surface area (Å²) in [5.41, 5.74) is 1.54. The number of halogens is 3. The molecule has 9 heteroatoms. The van der Waals surface area contributed by atoms with Gasteiger partial charge in [0.05, 0.1) is 11.3 Å². The number of rotatable bonds is 6. The van der Waals surface area contributed by atoms with E-state index in [1.165, 1.54) is 25.1 Å². The van der Waals surface area contributed by atoms with Crippen LogP contribution in [0.2, 0.25) is 0 Å². The number of hydrogen-bond acceptors (Lipinski definition) is 3. The van der Waals surface area contributed by atoms with Gasteiger partial charge in [-0.1, -0.05) is 31.4 Å². The van der Waals surface area contributed by atoms with Gasteiger partial charge in [-0.3, -0.25) is 10.2 Å². The Hall–Kier alpha value is -2.39. The van der Waals surface area contributed by atoms with Crippen LogP contribution in [0.5, 0.6) is 0 Å². The molecule has 1 amide bonds. The molecule has 0 bridgehead atoms. The van der Waals surface area contributed by atoms with E-state index in [4.69, 9.17) is 0 Å². The van der Waals surface area contributed by atoms with Crippen molar-refractivity contribution in [2.45, 2.75) is 39.0 Å². The first-order valence-corrected chi connectivity index (χ1v) is 11.4. The van der Waals surface area contributed by atoms with Crippen molar-refractivity contribution >= 4 is 15.9 Å². The van der Waals surface area contributed by atoms with E-state index in [1.807, 2.05) is 10.3 Å². The fourth-order valence-corrected chi connectivity index (χ4v) is 5.00. The average Bonchev–Trinajstić information content (AvgIpc) is 2.71. The molecule has 2 N–H and O–H groups in total. The summed E-state index contributed by atoms with van der Waals surface area (Å²) in [6.07, 6.45) is 4.65. The number of hydrogen-bond donors (Lipinski definition) is 2. The van der Waals surface area contributed by atoms with Crippen LogP contribution in [0.1, 0.15) is 48.0 Å². The molecule has 5 nitrogen and oxygen atoms in total. The maximum Gasteiger partial charge on any atom is 0.269 e. The fourth-order valence-electron chi connectivity index (χ4n) is 3.71. The van der Waals surface area contributed by atoms with Crippen LogP contribution in [0.4, 0.5) is 13.2 Å². The number of hydrazine groups is 1. The Morgan fingerprint density at radius 1 is 1.07 bits per heavy atom. The van der Waals surface area contributed by atoms with Crippen LogP contribution in [-0.4, -0.2) is 20.1 Å². The third-order valence-electron chi connectivity index (χ3n) is 5.26. The number of amides is 1. The molecule has 2 aromatic carbocycles. The molecular weight excluding hydrogens is 417 g/mol. The molecule has 1 saturated carbocycles. The lowest BCUT2D eigenvalue weighted by Gasteiger charge is -2.21. The van der Waals surface area contributed by atoms with E-state index in [1.54, 1.807) is 0 Å². The zero-order valence-electron chi connectivity index (χ0n) is 16.5. The van der Waals surface area contributed by atoms with Gasteiger partial charge in [0.25, 0.3) is 5.91 Å². The highest BCUT2D eigenvalue weighted by atomic mass is 32.2. The summed E-state index contributed by atoms with van der Waals surface area (Å²) in [4.78, 5) is 14.4. The highest BCUT2D eigenvalue weighted by Gasteiger charge is 2.23. The molecule has 162 valence electrons. The van der Waals surface area contributed by atoms with Crippen molar-refractivity contribution in [2.75, 3.05) is 5.75 Å². The number of carbonyl (C=O) groups is 1. The average molecular weight is 440 g/mol. The molecule has 0 aliphatic heterocycles.